The number of aromatic amines is 1. The number of nitrogen functional groups attached to an aromatic ring is 1. The van der Waals surface area contributed by atoms with Crippen molar-refractivity contribution in [3.05, 3.63) is 46.3 Å². The van der Waals surface area contributed by atoms with Crippen molar-refractivity contribution in [2.45, 2.75) is 25.7 Å². The number of morpholine rings is 1. The Morgan fingerprint density at radius 1 is 1.10 bits per heavy atom. The molecule has 1 aromatic carbocycles. The molecule has 150 valence electrons. The van der Waals surface area contributed by atoms with Crippen molar-refractivity contribution in [3.63, 3.8) is 0 Å². The van der Waals surface area contributed by atoms with Gasteiger partial charge in [-0.3, -0.25) is 9.69 Å². The fourth-order valence-corrected chi connectivity index (χ4v) is 5.43. The molecule has 7 heteroatoms. The molecule has 0 bridgehead atoms. The Morgan fingerprint density at radius 3 is 2.59 bits per heavy atom. The zero-order valence-electron chi connectivity index (χ0n) is 16.3. The van der Waals surface area contributed by atoms with Crippen molar-refractivity contribution in [1.82, 2.24) is 0 Å². The van der Waals surface area contributed by atoms with E-state index in [1.807, 2.05) is 30.3 Å². The average molecular weight is 410 g/mol. The van der Waals surface area contributed by atoms with Crippen LogP contribution in [-0.4, -0.2) is 32.2 Å². The first-order valence-corrected chi connectivity index (χ1v) is 11.0. The maximum absolute atomic E-state index is 12.9. The molecule has 0 saturated carbocycles. The van der Waals surface area contributed by atoms with Crippen molar-refractivity contribution in [2.75, 3.05) is 42.3 Å². The molecule has 2 aromatic heterocycles. The smallest absolute Gasteiger partial charge is 0.279 e. The molecule has 3 heterocycles. The van der Waals surface area contributed by atoms with E-state index in [9.17, 15) is 4.79 Å². The molecule has 0 atom stereocenters. The van der Waals surface area contributed by atoms with Gasteiger partial charge in [0.25, 0.3) is 11.7 Å². The number of H-pyrrole nitrogens is 1. The van der Waals surface area contributed by atoms with Gasteiger partial charge in [0.1, 0.15) is 18.0 Å². The van der Waals surface area contributed by atoms with Crippen LogP contribution in [0.15, 0.2) is 30.3 Å². The third-order valence-electron chi connectivity index (χ3n) is 5.80. The molecule has 5 rings (SSSR count). The van der Waals surface area contributed by atoms with E-state index >= 15 is 0 Å². The van der Waals surface area contributed by atoms with Crippen LogP contribution in [0, 0.1) is 0 Å². The maximum atomic E-state index is 12.9. The molecule has 29 heavy (non-hydrogen) atoms. The summed E-state index contributed by atoms with van der Waals surface area (Å²) >= 11 is 1.45. The minimum absolute atomic E-state index is 0.152. The molecule has 1 amide bonds. The van der Waals surface area contributed by atoms with Crippen molar-refractivity contribution in [1.29, 1.82) is 0 Å². The molecule has 6 nitrogen and oxygen atoms in total. The number of thiophene rings is 1. The van der Waals surface area contributed by atoms with Gasteiger partial charge in [-0.2, -0.15) is 0 Å². The molecular formula is C22H25N4O2S+. The van der Waals surface area contributed by atoms with Crippen LogP contribution < -0.4 is 20.9 Å². The largest absolute Gasteiger partial charge is 0.397 e. The van der Waals surface area contributed by atoms with Crippen LogP contribution in [0.25, 0.3) is 10.2 Å². The number of aromatic nitrogens is 1. The maximum Gasteiger partial charge on any atom is 0.279 e. The second-order valence-electron chi connectivity index (χ2n) is 7.61. The molecule has 0 spiro atoms. The minimum Gasteiger partial charge on any atom is -0.397 e. The monoisotopic (exact) mass is 409 g/mol. The lowest BCUT2D eigenvalue weighted by molar-refractivity contribution is -0.328. The van der Waals surface area contributed by atoms with Gasteiger partial charge >= 0.3 is 0 Å². The predicted molar refractivity (Wildman–Crippen MR) is 117 cm³/mol. The van der Waals surface area contributed by atoms with Crippen molar-refractivity contribution >= 4 is 44.7 Å². The Bertz CT molecular complexity index is 1060. The molecule has 3 aromatic rings. The summed E-state index contributed by atoms with van der Waals surface area (Å²) in [7, 11) is 0. The van der Waals surface area contributed by atoms with E-state index in [1.165, 1.54) is 34.7 Å². The fourth-order valence-electron chi connectivity index (χ4n) is 4.39. The Morgan fingerprint density at radius 2 is 1.83 bits per heavy atom. The molecule has 1 saturated heterocycles. The first-order valence-electron chi connectivity index (χ1n) is 10.2. The number of rotatable bonds is 3. The molecule has 2 aliphatic rings. The first kappa shape index (κ1) is 18.4. The summed E-state index contributed by atoms with van der Waals surface area (Å²) in [5, 5.41) is 4.01. The Hall–Kier alpha value is -2.64. The van der Waals surface area contributed by atoms with E-state index in [-0.39, 0.29) is 5.91 Å². The van der Waals surface area contributed by atoms with Crippen molar-refractivity contribution in [3.8, 4) is 0 Å². The third kappa shape index (κ3) is 3.34. The second kappa shape index (κ2) is 7.65. The Labute approximate surface area is 173 Å². The number of fused-ring (bicyclic) bond motifs is 3. The number of nitrogens with zero attached hydrogens (tertiary/aromatic N) is 1. The van der Waals surface area contributed by atoms with Crippen LogP contribution in [0.4, 0.5) is 17.2 Å². The van der Waals surface area contributed by atoms with E-state index in [2.05, 4.69) is 15.2 Å². The van der Waals surface area contributed by atoms with Crippen LogP contribution in [0.1, 0.15) is 33.6 Å². The van der Waals surface area contributed by atoms with Crippen molar-refractivity contribution < 1.29 is 14.5 Å². The number of amides is 1. The number of benzene rings is 1. The number of pyridine rings is 1. The van der Waals surface area contributed by atoms with Gasteiger partial charge in [0, 0.05) is 11.3 Å². The van der Waals surface area contributed by atoms with Gasteiger partial charge < -0.3 is 15.8 Å². The summed E-state index contributed by atoms with van der Waals surface area (Å²) in [6.07, 6.45) is 4.42. The lowest BCUT2D eigenvalue weighted by atomic mass is 9.89. The summed E-state index contributed by atoms with van der Waals surface area (Å²) in [5.74, 6) is 1.03. The highest BCUT2D eigenvalue weighted by Crippen LogP contribution is 2.40. The van der Waals surface area contributed by atoms with Gasteiger partial charge in [-0.15, -0.1) is 0 Å². The second-order valence-corrected chi connectivity index (χ2v) is 8.63. The number of para-hydroxylation sites is 1. The summed E-state index contributed by atoms with van der Waals surface area (Å²) < 4.78 is 5.54. The van der Waals surface area contributed by atoms with E-state index in [1.54, 1.807) is 0 Å². The number of carbonyl (C=O) groups excluding carboxylic acids is 1. The molecule has 1 aliphatic carbocycles. The summed E-state index contributed by atoms with van der Waals surface area (Å²) in [6.45, 7) is 3.27. The van der Waals surface area contributed by atoms with Crippen LogP contribution in [0.5, 0.6) is 0 Å². The first-order chi connectivity index (χ1) is 14.2. The lowest BCUT2D eigenvalue weighted by Crippen LogP contribution is -2.40. The highest BCUT2D eigenvalue weighted by Gasteiger charge is 2.31. The number of anilines is 3. The van der Waals surface area contributed by atoms with E-state index in [0.29, 0.717) is 10.6 Å². The van der Waals surface area contributed by atoms with Crippen LogP contribution in [0.2, 0.25) is 0 Å². The molecule has 0 unspecified atom stereocenters. The highest BCUT2D eigenvalue weighted by atomic mass is 32.1. The number of nitrogens with one attached hydrogen (secondary N) is 2. The van der Waals surface area contributed by atoms with Gasteiger partial charge in [0.05, 0.1) is 24.3 Å². The number of aryl methyl sites for hydroxylation is 1. The number of nitrogens with two attached hydrogens (primary N) is 1. The average Bonchev–Trinajstić information content (AvgIpc) is 3.11. The fraction of sp³-hybridized carbons (Fsp3) is 0.364. The molecule has 4 N–H and O–H groups in total. The van der Waals surface area contributed by atoms with E-state index in [4.69, 9.17) is 10.5 Å². The van der Waals surface area contributed by atoms with Crippen LogP contribution in [-0.2, 0) is 17.6 Å². The quantitative estimate of drug-likeness (QED) is 0.696. The third-order valence-corrected chi connectivity index (χ3v) is 6.92. The molecular weight excluding hydrogens is 384 g/mol. The number of hydrogen-bond donors (Lipinski definition) is 2. The van der Waals surface area contributed by atoms with Crippen molar-refractivity contribution in [2.24, 2.45) is 0 Å². The molecule has 1 aliphatic heterocycles. The van der Waals surface area contributed by atoms with Gasteiger partial charge in [0.15, 0.2) is 4.83 Å². The lowest BCUT2D eigenvalue weighted by Gasteiger charge is -2.26. The van der Waals surface area contributed by atoms with E-state index < -0.39 is 0 Å². The summed E-state index contributed by atoms with van der Waals surface area (Å²) in [5.41, 5.74) is 10.6. The normalized spacial score (nSPS) is 16.6. The summed E-state index contributed by atoms with van der Waals surface area (Å²) in [6, 6.07) is 9.50. The highest BCUT2D eigenvalue weighted by molar-refractivity contribution is 7.21. The van der Waals surface area contributed by atoms with Gasteiger partial charge in [0.2, 0.25) is 0 Å². The number of carbonyl (C=O) groups is 1. The van der Waals surface area contributed by atoms with Crippen LogP contribution >= 0.6 is 11.3 Å². The SMILES string of the molecule is Nc1c(C(=O)Nc2ccccc2)sc2[nH+]c(N3CCOCC3)c3c(c12)CCCC3. The standard InChI is InChI=1S/C22H24N4O2S/c23-18-17-15-8-4-5-9-16(15)20(26-10-12-28-13-11-26)25-22(17)29-19(18)21(27)24-14-6-2-1-3-7-14/h1-3,6-7H,4-5,8-13,23H2,(H,24,27)/p+1. The zero-order chi connectivity index (χ0) is 19.8. The summed E-state index contributed by atoms with van der Waals surface area (Å²) in [4.78, 5) is 20.5. The van der Waals surface area contributed by atoms with Gasteiger partial charge in [-0.05, 0) is 43.4 Å². The van der Waals surface area contributed by atoms with E-state index in [0.717, 1.165) is 61.5 Å². The predicted octanol–water partition coefficient (Wildman–Crippen LogP) is 3.27. The Balaban J connectivity index is 1.59. The number of hydrogen-bond acceptors (Lipinski definition) is 5. The van der Waals surface area contributed by atoms with Crippen LogP contribution in [0.3, 0.4) is 0 Å². The molecule has 0 radical (unpaired) electrons. The zero-order valence-corrected chi connectivity index (χ0v) is 17.1. The molecule has 1 fully saturated rings. The Kier molecular flexibility index (Phi) is 4.85. The van der Waals surface area contributed by atoms with Gasteiger partial charge in [-0.1, -0.05) is 29.5 Å². The van der Waals surface area contributed by atoms with Gasteiger partial charge in [-0.25, -0.2) is 4.98 Å². The number of ether oxygens (including phenoxy) is 1. The minimum atomic E-state index is -0.152. The topological polar surface area (TPSA) is 81.7 Å².